The summed E-state index contributed by atoms with van der Waals surface area (Å²) in [5, 5.41) is 9.56. The maximum Gasteiger partial charge on any atom is 0.241 e. The summed E-state index contributed by atoms with van der Waals surface area (Å²) in [5.74, 6) is 0. The standard InChI is InChI=1S/C12H20N2O3S/c1-4-9-5-6-10(13)7-11(9)18(16,17)14-8-12(2,3)15/h5-7,14-15H,4,8,13H2,1-3H3. The fraction of sp³-hybridized carbons (Fsp3) is 0.500. The maximum atomic E-state index is 12.1. The van der Waals surface area contributed by atoms with Crippen LogP contribution in [0.1, 0.15) is 26.3 Å². The Labute approximate surface area is 108 Å². The number of aryl methyl sites for hydroxylation is 1. The first-order chi connectivity index (χ1) is 8.15. The van der Waals surface area contributed by atoms with Crippen LogP contribution < -0.4 is 10.5 Å². The van der Waals surface area contributed by atoms with E-state index in [9.17, 15) is 13.5 Å². The van der Waals surface area contributed by atoms with Gasteiger partial charge in [0.2, 0.25) is 10.0 Å². The Morgan fingerprint density at radius 3 is 2.50 bits per heavy atom. The minimum atomic E-state index is -3.65. The highest BCUT2D eigenvalue weighted by atomic mass is 32.2. The van der Waals surface area contributed by atoms with Crippen LogP contribution in [0.2, 0.25) is 0 Å². The summed E-state index contributed by atoms with van der Waals surface area (Å²) in [6.45, 7) is 4.90. The number of nitrogens with one attached hydrogen (secondary N) is 1. The number of anilines is 1. The number of sulfonamides is 1. The van der Waals surface area contributed by atoms with Gasteiger partial charge in [-0.3, -0.25) is 0 Å². The van der Waals surface area contributed by atoms with Crippen molar-refractivity contribution in [2.24, 2.45) is 0 Å². The summed E-state index contributed by atoms with van der Waals surface area (Å²) >= 11 is 0. The van der Waals surface area contributed by atoms with Gasteiger partial charge in [-0.2, -0.15) is 0 Å². The Kier molecular flexibility index (Phi) is 4.37. The highest BCUT2D eigenvalue weighted by molar-refractivity contribution is 7.89. The molecule has 0 heterocycles. The summed E-state index contributed by atoms with van der Waals surface area (Å²) < 4.78 is 26.6. The van der Waals surface area contributed by atoms with Crippen molar-refractivity contribution in [3.8, 4) is 0 Å². The van der Waals surface area contributed by atoms with Crippen LogP contribution in [0.15, 0.2) is 23.1 Å². The van der Waals surface area contributed by atoms with Gasteiger partial charge in [0.05, 0.1) is 10.5 Å². The van der Waals surface area contributed by atoms with Crippen molar-refractivity contribution in [1.82, 2.24) is 4.72 Å². The van der Waals surface area contributed by atoms with Crippen LogP contribution in [0.5, 0.6) is 0 Å². The van der Waals surface area contributed by atoms with Gasteiger partial charge in [0.15, 0.2) is 0 Å². The third-order valence-corrected chi connectivity index (χ3v) is 3.94. The molecule has 1 aromatic carbocycles. The fourth-order valence-electron chi connectivity index (χ4n) is 1.46. The zero-order chi connectivity index (χ0) is 14.0. The molecule has 0 aliphatic rings. The molecule has 4 N–H and O–H groups in total. The van der Waals surface area contributed by atoms with Gasteiger partial charge >= 0.3 is 0 Å². The molecule has 6 heteroatoms. The second-order valence-electron chi connectivity index (χ2n) is 4.86. The summed E-state index contributed by atoms with van der Waals surface area (Å²) in [5.41, 5.74) is 5.62. The lowest BCUT2D eigenvalue weighted by Gasteiger charge is -2.18. The van der Waals surface area contributed by atoms with E-state index in [4.69, 9.17) is 5.73 Å². The smallest absolute Gasteiger partial charge is 0.241 e. The molecule has 18 heavy (non-hydrogen) atoms. The molecule has 0 saturated heterocycles. The Hall–Kier alpha value is -1.11. The van der Waals surface area contributed by atoms with Crippen molar-refractivity contribution in [2.45, 2.75) is 37.7 Å². The van der Waals surface area contributed by atoms with Crippen molar-refractivity contribution in [1.29, 1.82) is 0 Å². The molecule has 0 radical (unpaired) electrons. The fourth-order valence-corrected chi connectivity index (χ4v) is 3.01. The maximum absolute atomic E-state index is 12.1. The lowest BCUT2D eigenvalue weighted by atomic mass is 10.1. The summed E-state index contributed by atoms with van der Waals surface area (Å²) in [6.07, 6.45) is 0.596. The summed E-state index contributed by atoms with van der Waals surface area (Å²) in [7, 11) is -3.65. The predicted octanol–water partition coefficient (Wildman–Crippen LogP) is 0.880. The Bertz CT molecular complexity index is 519. The second kappa shape index (κ2) is 5.26. The molecule has 0 saturated carbocycles. The van der Waals surface area contributed by atoms with Crippen LogP contribution in [0.4, 0.5) is 5.69 Å². The first-order valence-electron chi connectivity index (χ1n) is 5.76. The molecular formula is C12H20N2O3S. The number of benzene rings is 1. The van der Waals surface area contributed by atoms with Gasteiger partial charge in [-0.25, -0.2) is 13.1 Å². The highest BCUT2D eigenvalue weighted by Crippen LogP contribution is 2.19. The average Bonchev–Trinajstić information content (AvgIpc) is 2.26. The van der Waals surface area contributed by atoms with Gasteiger partial charge in [-0.15, -0.1) is 0 Å². The minimum Gasteiger partial charge on any atom is -0.399 e. The molecule has 1 rings (SSSR count). The van der Waals surface area contributed by atoms with Crippen LogP contribution in [-0.2, 0) is 16.4 Å². The number of hydrogen-bond acceptors (Lipinski definition) is 4. The molecular weight excluding hydrogens is 252 g/mol. The van der Waals surface area contributed by atoms with Gasteiger partial charge in [-0.1, -0.05) is 13.0 Å². The van der Waals surface area contributed by atoms with E-state index in [1.807, 2.05) is 6.92 Å². The van der Waals surface area contributed by atoms with Gasteiger partial charge in [0.1, 0.15) is 0 Å². The highest BCUT2D eigenvalue weighted by Gasteiger charge is 2.21. The number of aliphatic hydroxyl groups is 1. The van der Waals surface area contributed by atoms with E-state index in [0.717, 1.165) is 0 Å². The van der Waals surface area contributed by atoms with E-state index in [2.05, 4.69) is 4.72 Å². The summed E-state index contributed by atoms with van der Waals surface area (Å²) in [6, 6.07) is 4.81. The van der Waals surface area contributed by atoms with Gasteiger partial charge in [0.25, 0.3) is 0 Å². The molecule has 1 aromatic rings. The number of hydrogen-bond donors (Lipinski definition) is 3. The zero-order valence-corrected chi connectivity index (χ0v) is 11.7. The summed E-state index contributed by atoms with van der Waals surface area (Å²) in [4.78, 5) is 0.175. The molecule has 102 valence electrons. The van der Waals surface area contributed by atoms with Crippen LogP contribution in [0.3, 0.4) is 0 Å². The van der Waals surface area contributed by atoms with E-state index in [1.54, 1.807) is 12.1 Å². The number of rotatable bonds is 5. The normalized spacial score (nSPS) is 12.7. The number of nitrogen functional groups attached to an aromatic ring is 1. The van der Waals surface area contributed by atoms with E-state index < -0.39 is 15.6 Å². The Morgan fingerprint density at radius 1 is 1.39 bits per heavy atom. The molecule has 0 aliphatic carbocycles. The Balaban J connectivity index is 3.08. The zero-order valence-electron chi connectivity index (χ0n) is 10.9. The van der Waals surface area contributed by atoms with Crippen LogP contribution >= 0.6 is 0 Å². The van der Waals surface area contributed by atoms with Crippen molar-refractivity contribution in [3.63, 3.8) is 0 Å². The van der Waals surface area contributed by atoms with Gasteiger partial charge in [-0.05, 0) is 38.0 Å². The van der Waals surface area contributed by atoms with Crippen molar-refractivity contribution in [2.75, 3.05) is 12.3 Å². The van der Waals surface area contributed by atoms with Crippen LogP contribution in [-0.4, -0.2) is 25.7 Å². The van der Waals surface area contributed by atoms with Crippen LogP contribution in [0.25, 0.3) is 0 Å². The second-order valence-corrected chi connectivity index (χ2v) is 6.59. The van der Waals surface area contributed by atoms with Gasteiger partial charge < -0.3 is 10.8 Å². The molecule has 5 nitrogen and oxygen atoms in total. The SMILES string of the molecule is CCc1ccc(N)cc1S(=O)(=O)NCC(C)(C)O. The van der Waals surface area contributed by atoms with Crippen molar-refractivity contribution < 1.29 is 13.5 Å². The molecule has 0 spiro atoms. The molecule has 0 aliphatic heterocycles. The van der Waals surface area contributed by atoms with E-state index in [-0.39, 0.29) is 11.4 Å². The average molecular weight is 272 g/mol. The van der Waals surface area contributed by atoms with E-state index in [0.29, 0.717) is 17.7 Å². The van der Waals surface area contributed by atoms with Crippen molar-refractivity contribution in [3.05, 3.63) is 23.8 Å². The predicted molar refractivity (Wildman–Crippen MR) is 71.7 cm³/mol. The first kappa shape index (κ1) is 14.9. The molecule has 0 atom stereocenters. The third-order valence-electron chi connectivity index (χ3n) is 2.46. The topological polar surface area (TPSA) is 92.4 Å². The van der Waals surface area contributed by atoms with Gasteiger partial charge in [0, 0.05) is 12.2 Å². The molecule has 0 amide bonds. The molecule has 0 unspecified atom stereocenters. The third kappa shape index (κ3) is 3.97. The molecule has 0 aromatic heterocycles. The largest absolute Gasteiger partial charge is 0.399 e. The molecule has 0 fully saturated rings. The van der Waals surface area contributed by atoms with E-state index >= 15 is 0 Å². The lowest BCUT2D eigenvalue weighted by molar-refractivity contribution is 0.0857. The first-order valence-corrected chi connectivity index (χ1v) is 7.24. The van der Waals surface area contributed by atoms with Crippen LogP contribution in [0, 0.1) is 0 Å². The monoisotopic (exact) mass is 272 g/mol. The minimum absolute atomic E-state index is 0.0483. The molecule has 0 bridgehead atoms. The lowest BCUT2D eigenvalue weighted by Crippen LogP contribution is -2.38. The van der Waals surface area contributed by atoms with E-state index in [1.165, 1.54) is 19.9 Å². The quantitative estimate of drug-likeness (QED) is 0.694. The van der Waals surface area contributed by atoms with Crippen molar-refractivity contribution >= 4 is 15.7 Å². The Morgan fingerprint density at radius 2 is 2.00 bits per heavy atom. The number of nitrogens with two attached hydrogens (primary N) is 1.